The number of nitrogens with zero attached hydrogens (tertiary/aromatic N) is 2. The first-order chi connectivity index (χ1) is 9.20. The van der Waals surface area contributed by atoms with Crippen molar-refractivity contribution in [2.45, 2.75) is 24.8 Å². The number of alkyl halides is 2. The van der Waals surface area contributed by atoms with Crippen molar-refractivity contribution < 1.29 is 22.8 Å². The second-order valence-electron chi connectivity index (χ2n) is 4.30. The Kier molecular flexibility index (Phi) is 5.17. The van der Waals surface area contributed by atoms with Gasteiger partial charge in [-0.15, -0.1) is 0 Å². The van der Waals surface area contributed by atoms with Crippen molar-refractivity contribution in [2.24, 2.45) is 0 Å². The van der Waals surface area contributed by atoms with E-state index in [1.807, 2.05) is 7.05 Å². The molecule has 108 valence electrons. The van der Waals surface area contributed by atoms with E-state index < -0.39 is 13.0 Å². The van der Waals surface area contributed by atoms with Gasteiger partial charge in [0.2, 0.25) is 5.89 Å². The Morgan fingerprint density at radius 1 is 1.47 bits per heavy atom. The van der Waals surface area contributed by atoms with Gasteiger partial charge in [-0.25, -0.2) is 8.78 Å². The normalized spacial score (nSPS) is 23.4. The zero-order chi connectivity index (χ0) is 13.7. The molecule has 2 unspecified atom stereocenters. The molecule has 1 aliphatic rings. The topological polar surface area (TPSA) is 69.4 Å². The molecule has 0 radical (unpaired) electrons. The van der Waals surface area contributed by atoms with Gasteiger partial charge in [0.1, 0.15) is 6.61 Å². The van der Waals surface area contributed by atoms with E-state index in [-0.39, 0.29) is 18.6 Å². The number of nitrogens with one attached hydrogen (secondary N) is 1. The van der Waals surface area contributed by atoms with Crippen LogP contribution in [0.5, 0.6) is 0 Å². The highest BCUT2D eigenvalue weighted by molar-refractivity contribution is 5.02. The lowest BCUT2D eigenvalue weighted by molar-refractivity contribution is 0.0182. The summed E-state index contributed by atoms with van der Waals surface area (Å²) in [6.07, 6.45) is -2.10. The lowest BCUT2D eigenvalue weighted by Gasteiger charge is -2.11. The van der Waals surface area contributed by atoms with E-state index in [2.05, 4.69) is 15.5 Å². The minimum Gasteiger partial charge on any atom is -0.379 e. The van der Waals surface area contributed by atoms with Gasteiger partial charge in [0.05, 0.1) is 25.7 Å². The smallest absolute Gasteiger partial charge is 0.261 e. The Balaban J connectivity index is 1.81. The van der Waals surface area contributed by atoms with Gasteiger partial charge in [0.25, 0.3) is 6.43 Å². The highest BCUT2D eigenvalue weighted by atomic mass is 19.3. The predicted octanol–water partition coefficient (Wildman–Crippen LogP) is 0.596. The molecule has 1 aromatic heterocycles. The molecular weight excluding hydrogens is 260 g/mol. The van der Waals surface area contributed by atoms with Crippen LogP contribution in [-0.4, -0.2) is 56.1 Å². The molecule has 1 aromatic rings. The van der Waals surface area contributed by atoms with Crippen molar-refractivity contribution in [3.8, 4) is 0 Å². The molecule has 0 aromatic carbocycles. The molecule has 1 saturated heterocycles. The maximum atomic E-state index is 11.9. The molecule has 0 spiro atoms. The van der Waals surface area contributed by atoms with Crippen LogP contribution in [0.2, 0.25) is 0 Å². The molecule has 1 aliphatic heterocycles. The zero-order valence-electron chi connectivity index (χ0n) is 10.6. The lowest BCUT2D eigenvalue weighted by atomic mass is 10.0. The molecule has 8 heteroatoms. The number of ether oxygens (including phenoxy) is 2. The van der Waals surface area contributed by atoms with Gasteiger partial charge in [0.15, 0.2) is 5.82 Å². The summed E-state index contributed by atoms with van der Waals surface area (Å²) in [5, 5.41) is 6.93. The Morgan fingerprint density at radius 3 is 3.05 bits per heavy atom. The second kappa shape index (κ2) is 6.88. The summed E-state index contributed by atoms with van der Waals surface area (Å²) in [4.78, 5) is 4.24. The monoisotopic (exact) mass is 277 g/mol. The Morgan fingerprint density at radius 2 is 2.32 bits per heavy atom. The predicted molar refractivity (Wildman–Crippen MR) is 61.2 cm³/mol. The third kappa shape index (κ3) is 3.92. The van der Waals surface area contributed by atoms with Crippen molar-refractivity contribution in [3.05, 3.63) is 11.7 Å². The number of aromatic nitrogens is 2. The van der Waals surface area contributed by atoms with Gasteiger partial charge in [0, 0.05) is 12.5 Å². The van der Waals surface area contributed by atoms with Gasteiger partial charge >= 0.3 is 0 Å². The molecule has 19 heavy (non-hydrogen) atoms. The van der Waals surface area contributed by atoms with Crippen LogP contribution in [-0.2, 0) is 15.9 Å². The van der Waals surface area contributed by atoms with Crippen molar-refractivity contribution >= 4 is 0 Å². The van der Waals surface area contributed by atoms with E-state index in [4.69, 9.17) is 14.0 Å². The third-order valence-corrected chi connectivity index (χ3v) is 2.97. The molecule has 1 fully saturated rings. The van der Waals surface area contributed by atoms with E-state index in [0.717, 1.165) is 0 Å². The molecule has 2 rings (SSSR count). The number of hydrogen-bond donors (Lipinski definition) is 1. The summed E-state index contributed by atoms with van der Waals surface area (Å²) < 4.78 is 39.0. The van der Waals surface area contributed by atoms with Gasteiger partial charge in [-0.3, -0.25) is 0 Å². The van der Waals surface area contributed by atoms with Crippen LogP contribution in [0.25, 0.3) is 0 Å². The van der Waals surface area contributed by atoms with Crippen LogP contribution in [0.4, 0.5) is 8.78 Å². The molecule has 0 saturated carbocycles. The first kappa shape index (κ1) is 14.3. The number of hydrogen-bond acceptors (Lipinski definition) is 6. The Labute approximate surface area is 109 Å². The van der Waals surface area contributed by atoms with E-state index in [9.17, 15) is 8.78 Å². The average Bonchev–Trinajstić information content (AvgIpc) is 3.02. The van der Waals surface area contributed by atoms with Crippen molar-refractivity contribution in [2.75, 3.05) is 33.5 Å². The summed E-state index contributed by atoms with van der Waals surface area (Å²) in [7, 11) is 1.85. The van der Waals surface area contributed by atoms with Crippen LogP contribution >= 0.6 is 0 Å². The molecule has 2 atom stereocenters. The SMILES string of the molecule is CNC1COCC1c1nc(CCOCC(F)F)no1. The van der Waals surface area contributed by atoms with Gasteiger partial charge in [-0.05, 0) is 7.05 Å². The van der Waals surface area contributed by atoms with Crippen LogP contribution in [0, 0.1) is 0 Å². The largest absolute Gasteiger partial charge is 0.379 e. The fraction of sp³-hybridized carbons (Fsp3) is 0.818. The molecule has 0 amide bonds. The van der Waals surface area contributed by atoms with Gasteiger partial charge in [-0.2, -0.15) is 4.98 Å². The molecule has 6 nitrogen and oxygen atoms in total. The maximum absolute atomic E-state index is 11.9. The van der Waals surface area contributed by atoms with E-state index in [1.54, 1.807) is 0 Å². The van der Waals surface area contributed by atoms with Crippen LogP contribution in [0.1, 0.15) is 17.6 Å². The summed E-state index contributed by atoms with van der Waals surface area (Å²) in [5.74, 6) is 1.01. The molecule has 0 aliphatic carbocycles. The highest BCUT2D eigenvalue weighted by Crippen LogP contribution is 2.24. The standard InChI is InChI=1S/C11H17F2N3O3/c1-14-8-5-18-4-7(8)11-15-10(16-19-11)2-3-17-6-9(12)13/h7-9,14H,2-6H2,1H3. The van der Waals surface area contributed by atoms with Crippen molar-refractivity contribution in [1.82, 2.24) is 15.5 Å². The molecule has 2 heterocycles. The zero-order valence-corrected chi connectivity index (χ0v) is 10.6. The third-order valence-electron chi connectivity index (χ3n) is 2.97. The minimum absolute atomic E-state index is 0.0354. The summed E-state index contributed by atoms with van der Waals surface area (Å²) >= 11 is 0. The maximum Gasteiger partial charge on any atom is 0.261 e. The highest BCUT2D eigenvalue weighted by Gasteiger charge is 2.32. The molecule has 1 N–H and O–H groups in total. The quantitative estimate of drug-likeness (QED) is 0.736. The Bertz CT molecular complexity index is 389. The van der Waals surface area contributed by atoms with E-state index in [0.29, 0.717) is 31.3 Å². The first-order valence-electron chi connectivity index (χ1n) is 6.14. The first-order valence-corrected chi connectivity index (χ1v) is 6.14. The van der Waals surface area contributed by atoms with E-state index in [1.165, 1.54) is 0 Å². The van der Waals surface area contributed by atoms with Crippen LogP contribution in [0.3, 0.4) is 0 Å². The second-order valence-corrected chi connectivity index (χ2v) is 4.30. The average molecular weight is 277 g/mol. The molecular formula is C11H17F2N3O3. The van der Waals surface area contributed by atoms with Gasteiger partial charge < -0.3 is 19.3 Å². The summed E-state index contributed by atoms with van der Waals surface area (Å²) in [5.41, 5.74) is 0. The minimum atomic E-state index is -2.45. The number of likely N-dealkylation sites (N-methyl/N-ethyl adjacent to an activating group) is 1. The van der Waals surface area contributed by atoms with Crippen molar-refractivity contribution in [3.63, 3.8) is 0 Å². The van der Waals surface area contributed by atoms with Crippen LogP contribution < -0.4 is 5.32 Å². The number of rotatable bonds is 7. The van der Waals surface area contributed by atoms with Crippen molar-refractivity contribution in [1.29, 1.82) is 0 Å². The van der Waals surface area contributed by atoms with Gasteiger partial charge in [-0.1, -0.05) is 5.16 Å². The summed E-state index contributed by atoms with van der Waals surface area (Å²) in [6, 6.07) is 0.156. The fourth-order valence-electron chi connectivity index (χ4n) is 1.94. The lowest BCUT2D eigenvalue weighted by Crippen LogP contribution is -2.31. The van der Waals surface area contributed by atoms with E-state index >= 15 is 0 Å². The number of halogens is 2. The molecule has 0 bridgehead atoms. The van der Waals surface area contributed by atoms with Crippen LogP contribution in [0.15, 0.2) is 4.52 Å². The fourth-order valence-corrected chi connectivity index (χ4v) is 1.94. The summed E-state index contributed by atoms with van der Waals surface area (Å²) in [6.45, 7) is 0.730. The Hall–Kier alpha value is -1.12.